The largest absolute Gasteiger partial charge is 0.417 e. The minimum atomic E-state index is -4.49. The first kappa shape index (κ1) is 30.2. The summed E-state index contributed by atoms with van der Waals surface area (Å²) in [5.41, 5.74) is 0.848. The number of β-amino-alcohol motifs (C(OH)–C–C–N with tert-alkyl or cyclic N) is 1. The van der Waals surface area contributed by atoms with Crippen LogP contribution in [0.3, 0.4) is 0 Å². The van der Waals surface area contributed by atoms with E-state index < -0.39 is 33.9 Å². The molecule has 2 fully saturated rings. The number of anilines is 2. The third-order valence-corrected chi connectivity index (χ3v) is 9.94. The van der Waals surface area contributed by atoms with Crippen LogP contribution in [0.15, 0.2) is 65.8 Å². The van der Waals surface area contributed by atoms with Gasteiger partial charge in [-0.15, -0.1) is 0 Å². The SMILES string of the molecule is CN(C)C1CCN(c2ccc(-c3ccc(S(=O)(=O)N4CC[C@@H](Nc5ccc(C(F)(F)F)cn5)[C@@H](O)C4)cc3)cn2)CC1. The molecule has 0 radical (unpaired) electrons. The number of aromatic nitrogens is 2. The van der Waals surface area contributed by atoms with Crippen molar-refractivity contribution in [3.8, 4) is 11.1 Å². The average Bonchev–Trinajstić information content (AvgIpc) is 2.98. The molecule has 0 amide bonds. The van der Waals surface area contributed by atoms with E-state index >= 15 is 0 Å². The molecule has 226 valence electrons. The average molecular weight is 605 g/mol. The molecule has 0 unspecified atom stereocenters. The minimum Gasteiger partial charge on any atom is -0.390 e. The monoisotopic (exact) mass is 604 g/mol. The highest BCUT2D eigenvalue weighted by molar-refractivity contribution is 7.89. The lowest BCUT2D eigenvalue weighted by Gasteiger charge is -2.35. The van der Waals surface area contributed by atoms with Gasteiger partial charge in [-0.25, -0.2) is 18.4 Å². The molecule has 0 saturated carbocycles. The van der Waals surface area contributed by atoms with Crippen LogP contribution in [0, 0.1) is 0 Å². The van der Waals surface area contributed by atoms with Gasteiger partial charge in [-0.05, 0) is 75.3 Å². The van der Waals surface area contributed by atoms with Gasteiger partial charge in [-0.3, -0.25) is 0 Å². The number of sulfonamides is 1. The van der Waals surface area contributed by atoms with Gasteiger partial charge in [0.05, 0.1) is 22.6 Å². The first-order chi connectivity index (χ1) is 19.9. The van der Waals surface area contributed by atoms with Crippen LogP contribution < -0.4 is 10.2 Å². The summed E-state index contributed by atoms with van der Waals surface area (Å²) in [7, 11) is 0.358. The maximum atomic E-state index is 13.3. The Labute approximate surface area is 244 Å². The van der Waals surface area contributed by atoms with Crippen molar-refractivity contribution < 1.29 is 26.7 Å². The van der Waals surface area contributed by atoms with Crippen molar-refractivity contribution in [2.24, 2.45) is 0 Å². The molecule has 2 aromatic heterocycles. The molecule has 2 aliphatic rings. The molecule has 3 aromatic rings. The number of piperidine rings is 2. The summed E-state index contributed by atoms with van der Waals surface area (Å²) in [6.07, 6.45) is -0.606. The van der Waals surface area contributed by atoms with Crippen molar-refractivity contribution in [3.05, 3.63) is 66.5 Å². The molecule has 1 aromatic carbocycles. The molecule has 0 spiro atoms. The van der Waals surface area contributed by atoms with Crippen molar-refractivity contribution in [2.45, 2.75) is 48.5 Å². The van der Waals surface area contributed by atoms with Gasteiger partial charge in [-0.1, -0.05) is 12.1 Å². The number of aliphatic hydroxyl groups is 1. The quantitative estimate of drug-likeness (QED) is 0.419. The Kier molecular flexibility index (Phi) is 8.74. The third kappa shape index (κ3) is 6.69. The van der Waals surface area contributed by atoms with Crippen LogP contribution in [0.4, 0.5) is 24.8 Å². The van der Waals surface area contributed by atoms with Gasteiger partial charge in [0.2, 0.25) is 10.0 Å². The molecule has 5 rings (SSSR count). The fraction of sp³-hybridized carbons (Fsp3) is 0.448. The van der Waals surface area contributed by atoms with E-state index in [9.17, 15) is 26.7 Å². The van der Waals surface area contributed by atoms with Crippen molar-refractivity contribution in [2.75, 3.05) is 50.5 Å². The predicted molar refractivity (Wildman–Crippen MR) is 155 cm³/mol. The zero-order valence-electron chi connectivity index (χ0n) is 23.5. The van der Waals surface area contributed by atoms with Gasteiger partial charge in [0.1, 0.15) is 11.6 Å². The van der Waals surface area contributed by atoms with Gasteiger partial charge in [0.15, 0.2) is 0 Å². The summed E-state index contributed by atoms with van der Waals surface area (Å²) < 4.78 is 66.2. The predicted octanol–water partition coefficient (Wildman–Crippen LogP) is 3.93. The van der Waals surface area contributed by atoms with Gasteiger partial charge in [0.25, 0.3) is 0 Å². The van der Waals surface area contributed by atoms with E-state index in [0.29, 0.717) is 6.04 Å². The second-order valence-electron chi connectivity index (χ2n) is 11.0. The number of benzene rings is 1. The standard InChI is InChI=1S/C29H35F3N6O3S/c1-36(2)23-11-14-37(15-12-23)28-10-5-21(17-34-28)20-3-7-24(8-4-20)42(40,41)38-16-13-25(26(39)19-38)35-27-9-6-22(18-33-27)29(30,31)32/h3-10,17-18,23,25-26,39H,11-16,19H2,1-2H3,(H,33,35)/t25-,26+/m1/s1. The highest BCUT2D eigenvalue weighted by Gasteiger charge is 2.35. The lowest BCUT2D eigenvalue weighted by Crippen LogP contribution is -2.51. The van der Waals surface area contributed by atoms with Crippen LogP contribution in [0.1, 0.15) is 24.8 Å². The summed E-state index contributed by atoms with van der Waals surface area (Å²) >= 11 is 0. The van der Waals surface area contributed by atoms with E-state index in [4.69, 9.17) is 0 Å². The lowest BCUT2D eigenvalue weighted by molar-refractivity contribution is -0.137. The number of nitrogens with zero attached hydrogens (tertiary/aromatic N) is 5. The first-order valence-corrected chi connectivity index (χ1v) is 15.3. The lowest BCUT2D eigenvalue weighted by atomic mass is 10.0. The van der Waals surface area contributed by atoms with E-state index in [0.717, 1.165) is 55.1 Å². The second kappa shape index (κ2) is 12.2. The van der Waals surface area contributed by atoms with Crippen molar-refractivity contribution >= 4 is 21.7 Å². The second-order valence-corrected chi connectivity index (χ2v) is 12.9. The maximum Gasteiger partial charge on any atom is 0.417 e. The van der Waals surface area contributed by atoms with Crippen molar-refractivity contribution in [3.63, 3.8) is 0 Å². The molecule has 9 nitrogen and oxygen atoms in total. The van der Waals surface area contributed by atoms with Crippen LogP contribution >= 0.6 is 0 Å². The number of nitrogens with one attached hydrogen (secondary N) is 1. The first-order valence-electron chi connectivity index (χ1n) is 13.9. The van der Waals surface area contributed by atoms with E-state index in [-0.39, 0.29) is 30.2 Å². The molecular formula is C29H35F3N6O3S. The zero-order chi connectivity index (χ0) is 30.1. The number of aliphatic hydroxyl groups excluding tert-OH is 1. The molecule has 2 atom stereocenters. The number of alkyl halides is 3. The Balaban J connectivity index is 1.18. The molecule has 4 heterocycles. The highest BCUT2D eigenvalue weighted by atomic mass is 32.2. The molecule has 42 heavy (non-hydrogen) atoms. The maximum absolute atomic E-state index is 13.3. The highest BCUT2D eigenvalue weighted by Crippen LogP contribution is 2.30. The summed E-state index contributed by atoms with van der Waals surface area (Å²) in [5.74, 6) is 1.11. The molecule has 0 aliphatic carbocycles. The Bertz CT molecular complexity index is 1440. The molecular weight excluding hydrogens is 569 g/mol. The number of pyridine rings is 2. The number of hydrogen-bond donors (Lipinski definition) is 2. The Morgan fingerprint density at radius 3 is 2.14 bits per heavy atom. The van der Waals surface area contributed by atoms with Crippen molar-refractivity contribution in [1.82, 2.24) is 19.2 Å². The number of halogens is 3. The third-order valence-electron chi connectivity index (χ3n) is 8.06. The topological polar surface area (TPSA) is 102 Å². The summed E-state index contributed by atoms with van der Waals surface area (Å²) in [5, 5.41) is 13.6. The fourth-order valence-corrected chi connectivity index (χ4v) is 6.92. The zero-order valence-corrected chi connectivity index (χ0v) is 24.3. The Hall–Kier alpha value is -3.26. The van der Waals surface area contributed by atoms with Gasteiger partial charge in [0, 0.05) is 50.2 Å². The van der Waals surface area contributed by atoms with Crippen LogP contribution in [0.5, 0.6) is 0 Å². The molecule has 2 saturated heterocycles. The van der Waals surface area contributed by atoms with Gasteiger partial charge in [-0.2, -0.15) is 17.5 Å². The van der Waals surface area contributed by atoms with Crippen LogP contribution in [-0.4, -0.2) is 91.2 Å². The molecule has 0 bridgehead atoms. The fourth-order valence-electron chi connectivity index (χ4n) is 5.45. The van der Waals surface area contributed by atoms with E-state index in [1.165, 1.54) is 10.4 Å². The van der Waals surface area contributed by atoms with Gasteiger partial charge < -0.3 is 20.2 Å². The van der Waals surface area contributed by atoms with Crippen LogP contribution in [0.2, 0.25) is 0 Å². The van der Waals surface area contributed by atoms with E-state index in [1.54, 1.807) is 30.5 Å². The van der Waals surface area contributed by atoms with Crippen LogP contribution in [0.25, 0.3) is 11.1 Å². The van der Waals surface area contributed by atoms with E-state index in [1.807, 2.05) is 12.1 Å². The molecule has 2 aliphatic heterocycles. The molecule has 13 heteroatoms. The van der Waals surface area contributed by atoms with E-state index in [2.05, 4.69) is 39.2 Å². The normalized spacial score (nSPS) is 21.1. The Morgan fingerprint density at radius 1 is 0.905 bits per heavy atom. The van der Waals surface area contributed by atoms with Crippen molar-refractivity contribution in [1.29, 1.82) is 0 Å². The Morgan fingerprint density at radius 2 is 1.60 bits per heavy atom. The smallest absolute Gasteiger partial charge is 0.390 e. The summed E-state index contributed by atoms with van der Waals surface area (Å²) in [6, 6.07) is 12.7. The van der Waals surface area contributed by atoms with Gasteiger partial charge >= 0.3 is 6.18 Å². The molecule has 2 N–H and O–H groups in total. The number of rotatable bonds is 7. The minimum absolute atomic E-state index is 0.114. The summed E-state index contributed by atoms with van der Waals surface area (Å²) in [6.45, 7) is 1.89. The summed E-state index contributed by atoms with van der Waals surface area (Å²) in [4.78, 5) is 13.1. The number of hydrogen-bond acceptors (Lipinski definition) is 8. The van der Waals surface area contributed by atoms with Crippen LogP contribution in [-0.2, 0) is 16.2 Å².